The smallest absolute Gasteiger partial charge is 0.270 e. The third kappa shape index (κ3) is 4.31. The van der Waals surface area contributed by atoms with Crippen LogP contribution in [0.4, 0.5) is 5.95 Å². The van der Waals surface area contributed by atoms with E-state index in [0.717, 1.165) is 25.8 Å². The molecule has 0 fully saturated rings. The number of unbranched alkanes of at least 4 members (excludes halogenated alkanes) is 1. The van der Waals surface area contributed by atoms with Gasteiger partial charge in [0.05, 0.1) is 0 Å². The van der Waals surface area contributed by atoms with Gasteiger partial charge >= 0.3 is 0 Å². The third-order valence-electron chi connectivity index (χ3n) is 2.60. The second kappa shape index (κ2) is 7.63. The SMILES string of the molecule is CCCCN(C)c1nccc(C(=O)NCCC)n1. The van der Waals surface area contributed by atoms with Crippen LogP contribution in [-0.4, -0.2) is 36.0 Å². The van der Waals surface area contributed by atoms with Crippen LogP contribution in [0.25, 0.3) is 0 Å². The van der Waals surface area contributed by atoms with E-state index in [4.69, 9.17) is 0 Å². The van der Waals surface area contributed by atoms with Crippen LogP contribution in [0.15, 0.2) is 12.3 Å². The van der Waals surface area contributed by atoms with E-state index < -0.39 is 0 Å². The molecule has 0 unspecified atom stereocenters. The molecule has 0 spiro atoms. The Morgan fingerprint density at radius 2 is 2.17 bits per heavy atom. The number of nitrogens with one attached hydrogen (secondary N) is 1. The van der Waals surface area contributed by atoms with E-state index in [9.17, 15) is 4.79 Å². The third-order valence-corrected chi connectivity index (χ3v) is 2.60. The fraction of sp³-hybridized carbons (Fsp3) is 0.615. The number of nitrogens with zero attached hydrogens (tertiary/aromatic N) is 3. The Hall–Kier alpha value is -1.65. The Kier molecular flexibility index (Phi) is 6.11. The Balaban J connectivity index is 2.69. The van der Waals surface area contributed by atoms with Crippen LogP contribution in [0.1, 0.15) is 43.6 Å². The van der Waals surface area contributed by atoms with Crippen LogP contribution in [0, 0.1) is 0 Å². The molecule has 1 N–H and O–H groups in total. The van der Waals surface area contributed by atoms with Gasteiger partial charge < -0.3 is 10.2 Å². The first-order valence-corrected chi connectivity index (χ1v) is 6.51. The molecule has 0 atom stereocenters. The van der Waals surface area contributed by atoms with E-state index >= 15 is 0 Å². The monoisotopic (exact) mass is 250 g/mol. The summed E-state index contributed by atoms with van der Waals surface area (Å²) in [6, 6.07) is 1.64. The molecule has 1 heterocycles. The first-order valence-electron chi connectivity index (χ1n) is 6.51. The molecule has 0 bridgehead atoms. The summed E-state index contributed by atoms with van der Waals surface area (Å²) >= 11 is 0. The van der Waals surface area contributed by atoms with E-state index in [1.807, 2.05) is 18.9 Å². The normalized spacial score (nSPS) is 10.2. The summed E-state index contributed by atoms with van der Waals surface area (Å²) in [7, 11) is 1.94. The highest BCUT2D eigenvalue weighted by Crippen LogP contribution is 2.06. The zero-order valence-electron chi connectivity index (χ0n) is 11.4. The maximum absolute atomic E-state index is 11.8. The Morgan fingerprint density at radius 1 is 1.39 bits per heavy atom. The lowest BCUT2D eigenvalue weighted by molar-refractivity contribution is 0.0948. The van der Waals surface area contributed by atoms with Crippen molar-refractivity contribution < 1.29 is 4.79 Å². The molecule has 5 nitrogen and oxygen atoms in total. The van der Waals surface area contributed by atoms with Crippen molar-refractivity contribution >= 4 is 11.9 Å². The second-order valence-electron chi connectivity index (χ2n) is 4.27. The molecular formula is C13H22N4O. The van der Waals surface area contributed by atoms with E-state index in [2.05, 4.69) is 22.2 Å². The van der Waals surface area contributed by atoms with Gasteiger partial charge in [-0.1, -0.05) is 20.3 Å². The van der Waals surface area contributed by atoms with Crippen LogP contribution in [0.3, 0.4) is 0 Å². The van der Waals surface area contributed by atoms with Gasteiger partial charge in [0, 0.05) is 26.3 Å². The van der Waals surface area contributed by atoms with Gasteiger partial charge in [-0.2, -0.15) is 0 Å². The maximum atomic E-state index is 11.8. The van der Waals surface area contributed by atoms with Gasteiger partial charge in [0.25, 0.3) is 5.91 Å². The number of amides is 1. The average Bonchev–Trinajstić information content (AvgIpc) is 2.42. The molecule has 0 aliphatic rings. The van der Waals surface area contributed by atoms with Crippen molar-refractivity contribution in [1.82, 2.24) is 15.3 Å². The lowest BCUT2D eigenvalue weighted by Gasteiger charge is -2.16. The molecule has 1 amide bonds. The number of hydrogen-bond donors (Lipinski definition) is 1. The number of hydrogen-bond acceptors (Lipinski definition) is 4. The van der Waals surface area contributed by atoms with E-state index in [0.29, 0.717) is 18.2 Å². The van der Waals surface area contributed by atoms with Gasteiger partial charge in [-0.25, -0.2) is 9.97 Å². The Labute approximate surface area is 109 Å². The predicted molar refractivity (Wildman–Crippen MR) is 72.8 cm³/mol. The van der Waals surface area contributed by atoms with E-state index in [1.54, 1.807) is 12.3 Å². The van der Waals surface area contributed by atoms with Crippen molar-refractivity contribution in [3.05, 3.63) is 18.0 Å². The molecule has 0 aromatic carbocycles. The van der Waals surface area contributed by atoms with Crippen LogP contribution in [0.5, 0.6) is 0 Å². The Morgan fingerprint density at radius 3 is 2.83 bits per heavy atom. The highest BCUT2D eigenvalue weighted by atomic mass is 16.1. The van der Waals surface area contributed by atoms with Crippen molar-refractivity contribution in [2.45, 2.75) is 33.1 Å². The lowest BCUT2D eigenvalue weighted by atomic mass is 10.3. The highest BCUT2D eigenvalue weighted by Gasteiger charge is 2.10. The van der Waals surface area contributed by atoms with Crippen molar-refractivity contribution in [2.75, 3.05) is 25.0 Å². The van der Waals surface area contributed by atoms with Crippen LogP contribution >= 0.6 is 0 Å². The number of carbonyl (C=O) groups is 1. The molecule has 18 heavy (non-hydrogen) atoms. The molecule has 0 aliphatic carbocycles. The summed E-state index contributed by atoms with van der Waals surface area (Å²) in [5, 5.41) is 2.81. The van der Waals surface area contributed by atoms with Crippen molar-refractivity contribution in [3.63, 3.8) is 0 Å². The predicted octanol–water partition coefficient (Wildman–Crippen LogP) is 1.85. The Bertz CT molecular complexity index is 381. The largest absolute Gasteiger partial charge is 0.351 e. The maximum Gasteiger partial charge on any atom is 0.270 e. The van der Waals surface area contributed by atoms with Gasteiger partial charge in [0.15, 0.2) is 0 Å². The molecular weight excluding hydrogens is 228 g/mol. The lowest BCUT2D eigenvalue weighted by Crippen LogP contribution is -2.27. The second-order valence-corrected chi connectivity index (χ2v) is 4.27. The fourth-order valence-corrected chi connectivity index (χ4v) is 1.48. The molecule has 5 heteroatoms. The molecule has 1 aromatic heterocycles. The molecule has 0 radical (unpaired) electrons. The minimum atomic E-state index is -0.135. The molecule has 0 saturated carbocycles. The highest BCUT2D eigenvalue weighted by molar-refractivity contribution is 5.92. The van der Waals surface area contributed by atoms with Gasteiger partial charge in [-0.3, -0.25) is 4.79 Å². The van der Waals surface area contributed by atoms with Gasteiger partial charge in [-0.15, -0.1) is 0 Å². The van der Waals surface area contributed by atoms with E-state index in [-0.39, 0.29) is 5.91 Å². The minimum Gasteiger partial charge on any atom is -0.351 e. The van der Waals surface area contributed by atoms with Crippen LogP contribution < -0.4 is 10.2 Å². The molecule has 1 rings (SSSR count). The fourth-order valence-electron chi connectivity index (χ4n) is 1.48. The topological polar surface area (TPSA) is 58.1 Å². The van der Waals surface area contributed by atoms with Crippen LogP contribution in [-0.2, 0) is 0 Å². The summed E-state index contributed by atoms with van der Waals surface area (Å²) in [5.41, 5.74) is 0.428. The van der Waals surface area contributed by atoms with Gasteiger partial charge in [-0.05, 0) is 18.9 Å². The average molecular weight is 250 g/mol. The van der Waals surface area contributed by atoms with Gasteiger partial charge in [0.2, 0.25) is 5.95 Å². The first-order chi connectivity index (χ1) is 8.69. The minimum absolute atomic E-state index is 0.135. The quantitative estimate of drug-likeness (QED) is 0.802. The molecule has 1 aromatic rings. The van der Waals surface area contributed by atoms with E-state index in [1.165, 1.54) is 0 Å². The summed E-state index contributed by atoms with van der Waals surface area (Å²) in [6.45, 7) is 5.73. The van der Waals surface area contributed by atoms with Crippen molar-refractivity contribution in [2.24, 2.45) is 0 Å². The number of carbonyl (C=O) groups excluding carboxylic acids is 1. The number of rotatable bonds is 7. The zero-order chi connectivity index (χ0) is 13.4. The van der Waals surface area contributed by atoms with Crippen molar-refractivity contribution in [1.29, 1.82) is 0 Å². The molecule has 0 aliphatic heterocycles. The van der Waals surface area contributed by atoms with Crippen LogP contribution in [0.2, 0.25) is 0 Å². The summed E-state index contributed by atoms with van der Waals surface area (Å²) in [4.78, 5) is 22.2. The summed E-state index contributed by atoms with van der Waals surface area (Å²) in [6.07, 6.45) is 4.76. The summed E-state index contributed by atoms with van der Waals surface area (Å²) in [5.74, 6) is 0.469. The zero-order valence-corrected chi connectivity index (χ0v) is 11.4. The first kappa shape index (κ1) is 14.4. The standard InChI is InChI=1S/C13H22N4O/c1-4-6-10-17(3)13-15-9-7-11(16-13)12(18)14-8-5-2/h7,9H,4-6,8,10H2,1-3H3,(H,14,18). The number of anilines is 1. The van der Waals surface area contributed by atoms with Gasteiger partial charge in [0.1, 0.15) is 5.69 Å². The molecule has 0 saturated heterocycles. The van der Waals surface area contributed by atoms with Crippen molar-refractivity contribution in [3.8, 4) is 0 Å². The molecule has 100 valence electrons. The number of aromatic nitrogens is 2. The summed E-state index contributed by atoms with van der Waals surface area (Å²) < 4.78 is 0.